The van der Waals surface area contributed by atoms with Gasteiger partial charge in [-0.3, -0.25) is 4.79 Å². The first kappa shape index (κ1) is 17.2. The van der Waals surface area contributed by atoms with Gasteiger partial charge in [0.2, 0.25) is 5.91 Å². The summed E-state index contributed by atoms with van der Waals surface area (Å²) in [5, 5.41) is 13.9. The van der Waals surface area contributed by atoms with E-state index in [1.54, 1.807) is 26.0 Å². The lowest BCUT2D eigenvalue weighted by Gasteiger charge is -2.09. The zero-order valence-corrected chi connectivity index (χ0v) is 15.5. The Balaban J connectivity index is 1.66. The van der Waals surface area contributed by atoms with E-state index in [-0.39, 0.29) is 23.6 Å². The largest absolute Gasteiger partial charge is 0.507 e. The molecule has 6 nitrogen and oxygen atoms in total. The Kier molecular flexibility index (Phi) is 4.16. The van der Waals surface area contributed by atoms with Gasteiger partial charge >= 0.3 is 5.63 Å². The van der Waals surface area contributed by atoms with E-state index < -0.39 is 5.63 Å². The lowest BCUT2D eigenvalue weighted by Crippen LogP contribution is -2.20. The molecular formula is C20H16N2O4S. The number of hydrogen-bond donors (Lipinski definition) is 2. The molecule has 0 atom stereocenters. The quantitative estimate of drug-likeness (QED) is 0.526. The number of fused-ring (bicyclic) bond motifs is 2. The molecule has 0 aliphatic rings. The van der Waals surface area contributed by atoms with E-state index in [1.807, 2.05) is 24.3 Å². The van der Waals surface area contributed by atoms with Gasteiger partial charge < -0.3 is 14.8 Å². The van der Waals surface area contributed by atoms with Crippen LogP contribution in [0.4, 0.5) is 5.13 Å². The van der Waals surface area contributed by atoms with Gasteiger partial charge in [0.05, 0.1) is 27.6 Å². The monoisotopic (exact) mass is 380 g/mol. The van der Waals surface area contributed by atoms with Crippen molar-refractivity contribution in [1.82, 2.24) is 4.98 Å². The summed E-state index contributed by atoms with van der Waals surface area (Å²) in [6.45, 7) is 3.50. The molecule has 0 saturated heterocycles. The van der Waals surface area contributed by atoms with Crippen LogP contribution in [0.3, 0.4) is 0 Å². The third kappa shape index (κ3) is 3.17. The van der Waals surface area contributed by atoms with Crippen molar-refractivity contribution in [2.24, 2.45) is 0 Å². The van der Waals surface area contributed by atoms with Gasteiger partial charge in [-0.2, -0.15) is 0 Å². The molecule has 0 fully saturated rings. The van der Waals surface area contributed by atoms with Crippen molar-refractivity contribution in [3.05, 3.63) is 63.5 Å². The van der Waals surface area contributed by atoms with Crippen LogP contribution in [0.15, 0.2) is 45.6 Å². The van der Waals surface area contributed by atoms with Crippen molar-refractivity contribution in [3.8, 4) is 5.75 Å². The van der Waals surface area contributed by atoms with Crippen molar-refractivity contribution in [1.29, 1.82) is 0 Å². The van der Waals surface area contributed by atoms with Crippen LogP contribution in [0.5, 0.6) is 5.75 Å². The molecule has 2 N–H and O–H groups in total. The van der Waals surface area contributed by atoms with Crippen molar-refractivity contribution >= 4 is 43.6 Å². The van der Waals surface area contributed by atoms with Crippen molar-refractivity contribution in [3.63, 3.8) is 0 Å². The number of nitrogens with zero attached hydrogens (tertiary/aromatic N) is 1. The summed E-state index contributed by atoms with van der Waals surface area (Å²) < 4.78 is 6.29. The van der Waals surface area contributed by atoms with E-state index in [1.165, 1.54) is 11.3 Å². The first-order valence-corrected chi connectivity index (χ1v) is 9.15. The van der Waals surface area contributed by atoms with Crippen LogP contribution < -0.4 is 10.9 Å². The molecule has 0 spiro atoms. The molecule has 1 amide bonds. The molecule has 0 radical (unpaired) electrons. The molecule has 4 aromatic rings. The molecule has 0 aliphatic heterocycles. The molecule has 2 heterocycles. The van der Waals surface area contributed by atoms with Crippen LogP contribution in [-0.2, 0) is 11.2 Å². The normalized spacial score (nSPS) is 11.2. The molecule has 0 unspecified atom stereocenters. The van der Waals surface area contributed by atoms with E-state index in [0.717, 1.165) is 15.8 Å². The Morgan fingerprint density at radius 1 is 1.26 bits per heavy atom. The van der Waals surface area contributed by atoms with E-state index >= 15 is 0 Å². The minimum absolute atomic E-state index is 0.0269. The lowest BCUT2D eigenvalue weighted by atomic mass is 10.0. The van der Waals surface area contributed by atoms with Crippen molar-refractivity contribution in [2.45, 2.75) is 20.3 Å². The number of aromatic nitrogens is 1. The van der Waals surface area contributed by atoms with Gasteiger partial charge in [-0.1, -0.05) is 23.5 Å². The highest BCUT2D eigenvalue weighted by molar-refractivity contribution is 7.22. The number of thiazole rings is 1. The molecule has 2 aromatic carbocycles. The number of benzene rings is 2. The predicted molar refractivity (Wildman–Crippen MR) is 106 cm³/mol. The molecule has 136 valence electrons. The summed E-state index contributed by atoms with van der Waals surface area (Å²) in [6.07, 6.45) is -0.159. The van der Waals surface area contributed by atoms with Crippen LogP contribution in [0.1, 0.15) is 16.7 Å². The van der Waals surface area contributed by atoms with Gasteiger partial charge in [-0.05, 0) is 49.2 Å². The second kappa shape index (κ2) is 6.51. The van der Waals surface area contributed by atoms with E-state index in [0.29, 0.717) is 21.7 Å². The van der Waals surface area contributed by atoms with Crippen LogP contribution in [0.25, 0.3) is 21.2 Å². The highest BCUT2D eigenvalue weighted by Crippen LogP contribution is 2.30. The summed E-state index contributed by atoms with van der Waals surface area (Å²) in [7, 11) is 0. The third-order valence-electron chi connectivity index (χ3n) is 4.38. The Bertz CT molecular complexity index is 1220. The molecule has 7 heteroatoms. The summed E-state index contributed by atoms with van der Waals surface area (Å²) >= 11 is 1.37. The highest BCUT2D eigenvalue weighted by atomic mass is 32.1. The van der Waals surface area contributed by atoms with E-state index in [2.05, 4.69) is 10.3 Å². The zero-order chi connectivity index (χ0) is 19.1. The van der Waals surface area contributed by atoms with Crippen LogP contribution in [0.2, 0.25) is 0 Å². The standard InChI is InChI=1S/C20H16N2O4S/c1-10-7-14(23)18-11(2)12(19(25)26-15(18)8-10)9-17(24)22-20-21-13-5-3-4-6-16(13)27-20/h3-8,23H,9H2,1-2H3,(H,21,22,24). The lowest BCUT2D eigenvalue weighted by molar-refractivity contribution is -0.115. The maximum Gasteiger partial charge on any atom is 0.340 e. The highest BCUT2D eigenvalue weighted by Gasteiger charge is 2.18. The maximum absolute atomic E-state index is 12.5. The predicted octanol–water partition coefficient (Wildman–Crippen LogP) is 3.91. The molecule has 0 bridgehead atoms. The minimum Gasteiger partial charge on any atom is -0.507 e. The smallest absolute Gasteiger partial charge is 0.340 e. The number of carbonyl (C=O) groups excluding carboxylic acids is 1. The minimum atomic E-state index is -0.579. The zero-order valence-electron chi connectivity index (χ0n) is 14.7. The van der Waals surface area contributed by atoms with Crippen molar-refractivity contribution in [2.75, 3.05) is 5.32 Å². The van der Waals surface area contributed by atoms with Crippen molar-refractivity contribution < 1.29 is 14.3 Å². The second-order valence-corrected chi connectivity index (χ2v) is 7.39. The number of anilines is 1. The number of para-hydroxylation sites is 1. The van der Waals surface area contributed by atoms with Gasteiger partial charge in [0.25, 0.3) is 0 Å². The van der Waals surface area contributed by atoms with Crippen LogP contribution >= 0.6 is 11.3 Å². The Labute approximate surface area is 158 Å². The average molecular weight is 380 g/mol. The second-order valence-electron chi connectivity index (χ2n) is 6.36. The van der Waals surface area contributed by atoms with Gasteiger partial charge in [-0.15, -0.1) is 0 Å². The van der Waals surface area contributed by atoms with E-state index in [4.69, 9.17) is 4.42 Å². The third-order valence-corrected chi connectivity index (χ3v) is 5.33. The number of amides is 1. The Morgan fingerprint density at radius 3 is 2.81 bits per heavy atom. The molecular weight excluding hydrogens is 364 g/mol. The number of rotatable bonds is 3. The van der Waals surface area contributed by atoms with Gasteiger partial charge in [0.1, 0.15) is 11.3 Å². The SMILES string of the molecule is Cc1cc(O)c2c(C)c(CC(=O)Nc3nc4ccccc4s3)c(=O)oc2c1. The topological polar surface area (TPSA) is 92.4 Å². The summed E-state index contributed by atoms with van der Waals surface area (Å²) in [5.41, 5.74) is 2.08. The number of carbonyl (C=O) groups is 1. The fourth-order valence-corrected chi connectivity index (χ4v) is 3.99. The molecule has 4 rings (SSSR count). The number of hydrogen-bond acceptors (Lipinski definition) is 6. The fraction of sp³-hybridized carbons (Fsp3) is 0.150. The van der Waals surface area contributed by atoms with Crippen LogP contribution in [0, 0.1) is 13.8 Å². The molecule has 2 aromatic heterocycles. The van der Waals surface area contributed by atoms with Gasteiger partial charge in [-0.25, -0.2) is 9.78 Å². The summed E-state index contributed by atoms with van der Waals surface area (Å²) in [5.74, 6) is -0.338. The number of phenolic OH excluding ortho intramolecular Hbond substituents is 1. The Hall–Kier alpha value is -3.19. The fourth-order valence-electron chi connectivity index (χ4n) is 3.11. The first-order valence-electron chi connectivity index (χ1n) is 8.33. The maximum atomic E-state index is 12.5. The van der Waals surface area contributed by atoms with E-state index in [9.17, 15) is 14.7 Å². The molecule has 27 heavy (non-hydrogen) atoms. The Morgan fingerprint density at radius 2 is 2.04 bits per heavy atom. The number of aryl methyl sites for hydroxylation is 2. The summed E-state index contributed by atoms with van der Waals surface area (Å²) in [4.78, 5) is 29.2. The molecule has 0 saturated carbocycles. The first-order chi connectivity index (χ1) is 12.9. The van der Waals surface area contributed by atoms with Gasteiger partial charge in [0.15, 0.2) is 5.13 Å². The molecule has 0 aliphatic carbocycles. The summed E-state index contributed by atoms with van der Waals surface area (Å²) in [6, 6.07) is 10.9. The van der Waals surface area contributed by atoms with Gasteiger partial charge in [0, 0.05) is 0 Å². The number of aromatic hydroxyl groups is 1. The average Bonchev–Trinajstić information content (AvgIpc) is 2.99. The van der Waals surface area contributed by atoms with Crippen LogP contribution in [-0.4, -0.2) is 16.0 Å². The number of phenols is 1. The number of nitrogens with one attached hydrogen (secondary N) is 1.